The summed E-state index contributed by atoms with van der Waals surface area (Å²) in [7, 11) is 0. The summed E-state index contributed by atoms with van der Waals surface area (Å²) in [5.74, 6) is 0.510. The van der Waals surface area contributed by atoms with E-state index in [0.29, 0.717) is 5.92 Å². The van der Waals surface area contributed by atoms with Crippen molar-refractivity contribution < 1.29 is 4.79 Å². The van der Waals surface area contributed by atoms with E-state index >= 15 is 0 Å². The molecule has 1 amide bonds. The van der Waals surface area contributed by atoms with E-state index in [-0.39, 0.29) is 5.91 Å². The Morgan fingerprint density at radius 2 is 2.09 bits per heavy atom. The van der Waals surface area contributed by atoms with Gasteiger partial charge in [0.05, 0.1) is 17.9 Å². The molecule has 0 radical (unpaired) electrons. The van der Waals surface area contributed by atoms with Crippen molar-refractivity contribution in [3.05, 3.63) is 46.8 Å². The van der Waals surface area contributed by atoms with Gasteiger partial charge in [-0.25, -0.2) is 9.50 Å². The molecule has 1 aliphatic heterocycles. The summed E-state index contributed by atoms with van der Waals surface area (Å²) in [5, 5.41) is 4.36. The molecule has 1 saturated heterocycles. The Balaban J connectivity index is 1.50. The molecule has 0 bridgehead atoms. The van der Waals surface area contributed by atoms with Gasteiger partial charge in [0.15, 0.2) is 5.65 Å². The molecule has 7 heteroatoms. The summed E-state index contributed by atoms with van der Waals surface area (Å²) in [6, 6.07) is 3.94. The molecule has 0 atom stereocenters. The highest BCUT2D eigenvalue weighted by Gasteiger charge is 2.26. The molecule has 6 nitrogen and oxygen atoms in total. The maximum Gasteiger partial charge on any atom is 0.265 e. The van der Waals surface area contributed by atoms with E-state index < -0.39 is 0 Å². The fourth-order valence-electron chi connectivity index (χ4n) is 3.02. The van der Waals surface area contributed by atoms with Crippen LogP contribution in [-0.2, 0) is 0 Å². The van der Waals surface area contributed by atoms with Crippen LogP contribution in [0.1, 0.15) is 34.1 Å². The van der Waals surface area contributed by atoms with Gasteiger partial charge in [0.1, 0.15) is 4.88 Å². The lowest BCUT2D eigenvalue weighted by molar-refractivity contribution is 0.0716. The van der Waals surface area contributed by atoms with Crippen LogP contribution in [0, 0.1) is 0 Å². The number of aromatic nitrogens is 4. The van der Waals surface area contributed by atoms with E-state index in [2.05, 4.69) is 15.1 Å². The first-order valence-corrected chi connectivity index (χ1v) is 8.17. The molecule has 0 aliphatic carbocycles. The van der Waals surface area contributed by atoms with E-state index in [1.165, 1.54) is 17.0 Å². The number of rotatable bonds is 2. The summed E-state index contributed by atoms with van der Waals surface area (Å²) in [6.07, 6.45) is 7.15. The first kappa shape index (κ1) is 13.4. The Labute approximate surface area is 131 Å². The van der Waals surface area contributed by atoms with Crippen molar-refractivity contribution >= 4 is 22.9 Å². The van der Waals surface area contributed by atoms with Crippen LogP contribution < -0.4 is 0 Å². The number of carbonyl (C=O) groups excluding carboxylic acids is 1. The molecule has 4 rings (SSSR count). The van der Waals surface area contributed by atoms with E-state index in [9.17, 15) is 4.79 Å². The smallest absolute Gasteiger partial charge is 0.265 e. The fourth-order valence-corrected chi connectivity index (χ4v) is 3.61. The number of piperidine rings is 1. The molecule has 0 spiro atoms. The fraction of sp³-hybridized carbons (Fsp3) is 0.333. The highest BCUT2D eigenvalue weighted by atomic mass is 32.1. The van der Waals surface area contributed by atoms with Gasteiger partial charge in [-0.15, -0.1) is 11.3 Å². The summed E-state index contributed by atoms with van der Waals surface area (Å²) >= 11 is 1.40. The second kappa shape index (κ2) is 5.49. The van der Waals surface area contributed by atoms with Crippen LogP contribution in [0.3, 0.4) is 0 Å². The van der Waals surface area contributed by atoms with Crippen molar-refractivity contribution in [2.75, 3.05) is 13.1 Å². The molecule has 3 aromatic rings. The van der Waals surface area contributed by atoms with Crippen LogP contribution in [-0.4, -0.2) is 43.5 Å². The van der Waals surface area contributed by atoms with E-state index in [1.807, 2.05) is 27.7 Å². The van der Waals surface area contributed by atoms with Crippen LogP contribution >= 0.6 is 11.3 Å². The number of carbonyl (C=O) groups is 1. The molecule has 0 saturated carbocycles. The summed E-state index contributed by atoms with van der Waals surface area (Å²) < 4.78 is 1.91. The van der Waals surface area contributed by atoms with Crippen LogP contribution in [0.2, 0.25) is 0 Å². The van der Waals surface area contributed by atoms with E-state index in [0.717, 1.165) is 36.5 Å². The molecular weight excluding hydrogens is 298 g/mol. The Kier molecular flexibility index (Phi) is 3.34. The van der Waals surface area contributed by atoms with Gasteiger partial charge in [0, 0.05) is 37.0 Å². The maximum absolute atomic E-state index is 12.3. The number of likely N-dealkylation sites (tertiary alicyclic amines) is 1. The topological polar surface area (TPSA) is 63.4 Å². The van der Waals surface area contributed by atoms with Gasteiger partial charge in [-0.1, -0.05) is 0 Å². The Bertz CT molecular complexity index is 789. The molecule has 0 unspecified atom stereocenters. The molecule has 4 heterocycles. The number of hydrogen-bond acceptors (Lipinski definition) is 5. The number of hydrogen-bond donors (Lipinski definition) is 0. The SMILES string of the molecule is O=C(c1cncs1)N1CCC(c2ccnc3ccnn23)CC1. The van der Waals surface area contributed by atoms with Gasteiger partial charge in [-0.3, -0.25) is 9.78 Å². The zero-order valence-electron chi connectivity index (χ0n) is 11.9. The van der Waals surface area contributed by atoms with Crippen LogP contribution in [0.15, 0.2) is 36.2 Å². The lowest BCUT2D eigenvalue weighted by Gasteiger charge is -2.31. The van der Waals surface area contributed by atoms with Crippen LogP contribution in [0.4, 0.5) is 0 Å². The zero-order valence-corrected chi connectivity index (χ0v) is 12.7. The van der Waals surface area contributed by atoms with E-state index in [4.69, 9.17) is 0 Å². The van der Waals surface area contributed by atoms with Gasteiger partial charge in [0.2, 0.25) is 0 Å². The van der Waals surface area contributed by atoms with Crippen molar-refractivity contribution in [3.63, 3.8) is 0 Å². The highest BCUT2D eigenvalue weighted by Crippen LogP contribution is 2.28. The predicted molar refractivity (Wildman–Crippen MR) is 83.0 cm³/mol. The van der Waals surface area contributed by atoms with Gasteiger partial charge in [-0.05, 0) is 18.9 Å². The quantitative estimate of drug-likeness (QED) is 0.727. The number of amides is 1. The monoisotopic (exact) mass is 313 g/mol. The van der Waals surface area contributed by atoms with Crippen molar-refractivity contribution in [1.29, 1.82) is 0 Å². The molecule has 1 fully saturated rings. The summed E-state index contributed by atoms with van der Waals surface area (Å²) in [5.41, 5.74) is 3.76. The number of fused-ring (bicyclic) bond motifs is 1. The first-order chi connectivity index (χ1) is 10.8. The summed E-state index contributed by atoms with van der Waals surface area (Å²) in [4.78, 5) is 23.3. The molecule has 22 heavy (non-hydrogen) atoms. The Morgan fingerprint density at radius 3 is 2.86 bits per heavy atom. The highest BCUT2D eigenvalue weighted by molar-refractivity contribution is 7.11. The standard InChI is InChI=1S/C15H15N5OS/c21-15(13-9-16-10-22-13)19-7-3-11(4-8-19)12-1-5-17-14-2-6-18-20(12)14/h1-2,5-6,9-11H,3-4,7-8H2. The van der Waals surface area contributed by atoms with Crippen molar-refractivity contribution in [3.8, 4) is 0 Å². The number of thiazole rings is 1. The summed E-state index contributed by atoms with van der Waals surface area (Å²) in [6.45, 7) is 1.54. The number of nitrogens with zero attached hydrogens (tertiary/aromatic N) is 5. The molecular formula is C15H15N5OS. The predicted octanol–water partition coefficient (Wildman–Crippen LogP) is 2.21. The van der Waals surface area contributed by atoms with Crippen LogP contribution in [0.5, 0.6) is 0 Å². The van der Waals surface area contributed by atoms with Gasteiger partial charge in [-0.2, -0.15) is 5.10 Å². The Morgan fingerprint density at radius 1 is 1.23 bits per heavy atom. The maximum atomic E-state index is 12.3. The molecule has 112 valence electrons. The third-order valence-corrected chi connectivity index (χ3v) is 4.92. The minimum Gasteiger partial charge on any atom is -0.338 e. The van der Waals surface area contributed by atoms with Gasteiger partial charge in [0.25, 0.3) is 5.91 Å². The van der Waals surface area contributed by atoms with E-state index in [1.54, 1.807) is 17.9 Å². The van der Waals surface area contributed by atoms with Gasteiger partial charge < -0.3 is 4.90 Å². The lowest BCUT2D eigenvalue weighted by atomic mass is 9.93. The lowest BCUT2D eigenvalue weighted by Crippen LogP contribution is -2.37. The normalized spacial score (nSPS) is 16.3. The first-order valence-electron chi connectivity index (χ1n) is 7.29. The minimum atomic E-state index is 0.0971. The molecule has 0 aromatic carbocycles. The second-order valence-electron chi connectivity index (χ2n) is 5.40. The van der Waals surface area contributed by atoms with Gasteiger partial charge >= 0.3 is 0 Å². The largest absolute Gasteiger partial charge is 0.338 e. The third kappa shape index (κ3) is 2.27. The van der Waals surface area contributed by atoms with Crippen molar-refractivity contribution in [1.82, 2.24) is 24.5 Å². The Hall–Kier alpha value is -2.28. The average molecular weight is 313 g/mol. The van der Waals surface area contributed by atoms with Crippen molar-refractivity contribution in [2.45, 2.75) is 18.8 Å². The minimum absolute atomic E-state index is 0.0971. The molecule has 0 N–H and O–H groups in total. The average Bonchev–Trinajstić information content (AvgIpc) is 3.25. The molecule has 1 aliphatic rings. The van der Waals surface area contributed by atoms with Crippen molar-refractivity contribution in [2.24, 2.45) is 0 Å². The molecule has 3 aromatic heterocycles. The van der Waals surface area contributed by atoms with Crippen LogP contribution in [0.25, 0.3) is 5.65 Å². The zero-order chi connectivity index (χ0) is 14.9. The second-order valence-corrected chi connectivity index (χ2v) is 6.29. The third-order valence-electron chi connectivity index (χ3n) is 4.16.